The molecule has 0 rings (SSSR count). The minimum Gasteiger partial charge on any atom is -0.465 e. The first-order valence-corrected chi connectivity index (χ1v) is 6.43. The van der Waals surface area contributed by atoms with E-state index < -0.39 is 12.0 Å². The molecule has 0 aromatic carbocycles. The fraction of sp³-hybridized carbons (Fsp3) is 0.846. The van der Waals surface area contributed by atoms with E-state index in [4.69, 9.17) is 15.2 Å². The highest BCUT2D eigenvalue weighted by Crippen LogP contribution is 2.19. The van der Waals surface area contributed by atoms with Crippen LogP contribution in [-0.4, -0.2) is 56.2 Å². The van der Waals surface area contributed by atoms with E-state index in [1.54, 1.807) is 6.92 Å². The predicted octanol–water partition coefficient (Wildman–Crippen LogP) is 0.398. The predicted molar refractivity (Wildman–Crippen MR) is 72.5 cm³/mol. The molecule has 0 heterocycles. The van der Waals surface area contributed by atoms with Gasteiger partial charge in [-0.25, -0.2) is 0 Å². The molecule has 0 aliphatic heterocycles. The summed E-state index contributed by atoms with van der Waals surface area (Å²) in [5, 5.41) is 0. The van der Waals surface area contributed by atoms with E-state index in [1.165, 1.54) is 12.0 Å². The second kappa shape index (κ2) is 8.12. The number of carbonyl (C=O) groups excluding carboxylic acids is 2. The van der Waals surface area contributed by atoms with Crippen molar-refractivity contribution in [2.75, 3.05) is 33.4 Å². The Balaban J connectivity index is 4.73. The molecule has 6 heteroatoms. The van der Waals surface area contributed by atoms with Crippen molar-refractivity contribution in [2.24, 2.45) is 11.1 Å². The molecule has 0 aromatic rings. The maximum atomic E-state index is 12.3. The molecule has 6 nitrogen and oxygen atoms in total. The van der Waals surface area contributed by atoms with Gasteiger partial charge in [0.1, 0.15) is 6.54 Å². The van der Waals surface area contributed by atoms with Crippen LogP contribution in [0.15, 0.2) is 0 Å². The zero-order valence-corrected chi connectivity index (χ0v) is 12.6. The van der Waals surface area contributed by atoms with Crippen LogP contribution in [-0.2, 0) is 19.1 Å². The third-order valence-electron chi connectivity index (χ3n) is 2.70. The lowest BCUT2D eigenvalue weighted by Crippen LogP contribution is -2.52. The molecule has 0 spiro atoms. The summed E-state index contributed by atoms with van der Waals surface area (Å²) < 4.78 is 9.80. The van der Waals surface area contributed by atoms with Crippen molar-refractivity contribution < 1.29 is 19.1 Å². The van der Waals surface area contributed by atoms with Gasteiger partial charge >= 0.3 is 5.97 Å². The van der Waals surface area contributed by atoms with E-state index in [0.29, 0.717) is 13.2 Å². The van der Waals surface area contributed by atoms with Gasteiger partial charge in [-0.05, 0) is 12.3 Å². The first-order valence-electron chi connectivity index (χ1n) is 6.43. The highest BCUT2D eigenvalue weighted by atomic mass is 16.5. The van der Waals surface area contributed by atoms with Gasteiger partial charge in [-0.15, -0.1) is 0 Å². The van der Waals surface area contributed by atoms with Crippen LogP contribution in [0, 0.1) is 5.41 Å². The Morgan fingerprint density at radius 1 is 1.32 bits per heavy atom. The summed E-state index contributed by atoms with van der Waals surface area (Å²) in [6.45, 7) is 8.23. The number of nitrogens with zero attached hydrogens (tertiary/aromatic N) is 1. The first kappa shape index (κ1) is 17.9. The number of methoxy groups -OCH3 is 1. The number of hydrogen-bond donors (Lipinski definition) is 1. The van der Waals surface area contributed by atoms with Crippen LogP contribution in [0.3, 0.4) is 0 Å². The zero-order valence-electron chi connectivity index (χ0n) is 12.6. The van der Waals surface area contributed by atoms with E-state index in [9.17, 15) is 9.59 Å². The molecule has 1 amide bonds. The number of ether oxygens (including phenoxy) is 2. The second-order valence-electron chi connectivity index (χ2n) is 5.40. The minimum atomic E-state index is -0.668. The van der Waals surface area contributed by atoms with Crippen molar-refractivity contribution in [2.45, 2.75) is 33.7 Å². The van der Waals surface area contributed by atoms with E-state index in [0.717, 1.165) is 0 Å². The van der Waals surface area contributed by atoms with Gasteiger partial charge in [-0.1, -0.05) is 20.8 Å². The van der Waals surface area contributed by atoms with Crippen LogP contribution < -0.4 is 5.73 Å². The molecule has 0 saturated heterocycles. The van der Waals surface area contributed by atoms with E-state index in [-0.39, 0.29) is 24.5 Å². The fourth-order valence-corrected chi connectivity index (χ4v) is 1.40. The fourth-order valence-electron chi connectivity index (χ4n) is 1.40. The topological polar surface area (TPSA) is 81.9 Å². The van der Waals surface area contributed by atoms with Crippen molar-refractivity contribution in [3.63, 3.8) is 0 Å². The van der Waals surface area contributed by atoms with Crippen LogP contribution in [0.1, 0.15) is 27.7 Å². The van der Waals surface area contributed by atoms with E-state index >= 15 is 0 Å². The second-order valence-corrected chi connectivity index (χ2v) is 5.40. The van der Waals surface area contributed by atoms with Crippen LogP contribution in [0.25, 0.3) is 0 Å². The molecular weight excluding hydrogens is 248 g/mol. The van der Waals surface area contributed by atoms with Gasteiger partial charge in [-0.3, -0.25) is 9.59 Å². The largest absolute Gasteiger partial charge is 0.465 e. The Kier molecular flexibility index (Phi) is 7.63. The number of rotatable bonds is 7. The molecule has 0 bridgehead atoms. The van der Waals surface area contributed by atoms with E-state index in [1.807, 2.05) is 20.8 Å². The number of hydrogen-bond acceptors (Lipinski definition) is 5. The molecule has 19 heavy (non-hydrogen) atoms. The lowest BCUT2D eigenvalue weighted by atomic mass is 9.86. The number of carbonyl (C=O) groups is 2. The Morgan fingerprint density at radius 2 is 1.89 bits per heavy atom. The van der Waals surface area contributed by atoms with Crippen LogP contribution in [0.2, 0.25) is 0 Å². The first-order chi connectivity index (χ1) is 8.73. The summed E-state index contributed by atoms with van der Waals surface area (Å²) in [7, 11) is 1.54. The van der Waals surface area contributed by atoms with Crippen LogP contribution in [0.4, 0.5) is 0 Å². The quantitative estimate of drug-likeness (QED) is 0.679. The normalized spacial score (nSPS) is 12.9. The average molecular weight is 274 g/mol. The molecule has 0 fully saturated rings. The van der Waals surface area contributed by atoms with Crippen molar-refractivity contribution >= 4 is 11.9 Å². The maximum absolute atomic E-state index is 12.3. The summed E-state index contributed by atoms with van der Waals surface area (Å²) >= 11 is 0. The van der Waals surface area contributed by atoms with Gasteiger partial charge in [0.05, 0.1) is 19.3 Å². The molecule has 0 aliphatic rings. The highest BCUT2D eigenvalue weighted by molar-refractivity contribution is 5.86. The smallest absolute Gasteiger partial charge is 0.325 e. The van der Waals surface area contributed by atoms with Crippen LogP contribution in [0.5, 0.6) is 0 Å². The molecule has 0 unspecified atom stereocenters. The number of esters is 1. The molecular formula is C13H26N2O4. The van der Waals surface area contributed by atoms with Gasteiger partial charge in [0, 0.05) is 13.7 Å². The summed E-state index contributed by atoms with van der Waals surface area (Å²) in [6.07, 6.45) is 0. The van der Waals surface area contributed by atoms with Gasteiger partial charge in [0.15, 0.2) is 0 Å². The summed E-state index contributed by atoms with van der Waals surface area (Å²) in [4.78, 5) is 25.2. The standard InChI is InChI=1S/C13H26N2O4/c1-6-19-10(16)9-15(7-8-18-5)12(17)11(14)13(2,3)4/h11H,6-9,14H2,1-5H3/t11-/m1/s1. The Bertz CT molecular complexity index is 300. The van der Waals surface area contributed by atoms with Gasteiger partial charge in [0.25, 0.3) is 0 Å². The highest BCUT2D eigenvalue weighted by Gasteiger charge is 2.31. The van der Waals surface area contributed by atoms with Crippen molar-refractivity contribution in [1.29, 1.82) is 0 Å². The SMILES string of the molecule is CCOC(=O)CN(CCOC)C(=O)[C@@H](N)C(C)(C)C. The molecule has 0 saturated carbocycles. The lowest BCUT2D eigenvalue weighted by Gasteiger charge is -2.31. The molecule has 0 radical (unpaired) electrons. The third-order valence-corrected chi connectivity index (χ3v) is 2.70. The Hall–Kier alpha value is -1.14. The van der Waals surface area contributed by atoms with Crippen molar-refractivity contribution in [1.82, 2.24) is 4.90 Å². The third kappa shape index (κ3) is 6.54. The minimum absolute atomic E-state index is 0.0974. The number of nitrogens with two attached hydrogens (primary N) is 1. The molecule has 2 N–H and O–H groups in total. The maximum Gasteiger partial charge on any atom is 0.325 e. The molecule has 112 valence electrons. The lowest BCUT2D eigenvalue weighted by molar-refractivity contribution is -0.150. The summed E-state index contributed by atoms with van der Waals surface area (Å²) in [6, 6.07) is -0.668. The van der Waals surface area contributed by atoms with Crippen LogP contribution >= 0.6 is 0 Å². The molecule has 1 atom stereocenters. The monoisotopic (exact) mass is 274 g/mol. The van der Waals surface area contributed by atoms with Gasteiger partial charge < -0.3 is 20.1 Å². The zero-order chi connectivity index (χ0) is 15.1. The van der Waals surface area contributed by atoms with Gasteiger partial charge in [-0.2, -0.15) is 0 Å². The molecule has 0 aromatic heterocycles. The average Bonchev–Trinajstić information content (AvgIpc) is 2.31. The van der Waals surface area contributed by atoms with Crippen molar-refractivity contribution in [3.8, 4) is 0 Å². The molecule has 0 aliphatic carbocycles. The Morgan fingerprint density at radius 3 is 2.32 bits per heavy atom. The van der Waals surface area contributed by atoms with E-state index in [2.05, 4.69) is 0 Å². The van der Waals surface area contributed by atoms with Crippen molar-refractivity contribution in [3.05, 3.63) is 0 Å². The summed E-state index contributed by atoms with van der Waals surface area (Å²) in [5.74, 6) is -0.703. The van der Waals surface area contributed by atoms with Gasteiger partial charge in [0.2, 0.25) is 5.91 Å². The summed E-state index contributed by atoms with van der Waals surface area (Å²) in [5.41, 5.74) is 5.57. The number of amides is 1. The Labute approximate surface area is 115 Å².